The van der Waals surface area contributed by atoms with Crippen LogP contribution in [-0.2, 0) is 21.2 Å². The molecule has 25 heavy (non-hydrogen) atoms. The van der Waals surface area contributed by atoms with Crippen LogP contribution in [0.5, 0.6) is 0 Å². The predicted octanol–water partition coefficient (Wildman–Crippen LogP) is -0.464. The molecule has 2 amide bonds. The van der Waals surface area contributed by atoms with Crippen LogP contribution < -0.4 is 15.8 Å². The van der Waals surface area contributed by atoms with Gasteiger partial charge in [-0.15, -0.1) is 0 Å². The van der Waals surface area contributed by atoms with Gasteiger partial charge in [0.05, 0.1) is 11.2 Å². The summed E-state index contributed by atoms with van der Waals surface area (Å²) >= 11 is 0. The summed E-state index contributed by atoms with van der Waals surface area (Å²) in [6, 6.07) is 5.23. The van der Waals surface area contributed by atoms with Crippen LogP contribution in [0.1, 0.15) is 22.5 Å². The first-order chi connectivity index (χ1) is 11.9. The number of rotatable bonds is 8. The largest absolute Gasteiger partial charge is 0.356 e. The number of nitrogens with two attached hydrogens (primary N) is 1. The number of nitrogens with zero attached hydrogens (tertiary/aromatic N) is 1. The third-order valence-electron chi connectivity index (χ3n) is 3.35. The fourth-order valence-electron chi connectivity index (χ4n) is 2.03. The van der Waals surface area contributed by atoms with Gasteiger partial charge in [-0.25, -0.2) is 18.5 Å². The van der Waals surface area contributed by atoms with Gasteiger partial charge in [0, 0.05) is 43.4 Å². The molecule has 0 atom stereocenters. The minimum absolute atomic E-state index is 0.0688. The maximum atomic E-state index is 11.9. The Kier molecular flexibility index (Phi) is 6.25. The minimum atomic E-state index is -3.79. The highest BCUT2D eigenvalue weighted by atomic mass is 32.2. The Labute approximate surface area is 145 Å². The van der Waals surface area contributed by atoms with Crippen LogP contribution in [0, 0.1) is 0 Å². The number of hydrogen-bond donors (Lipinski definition) is 4. The number of carbonyl (C=O) groups is 2. The Morgan fingerprint density at radius 3 is 2.44 bits per heavy atom. The molecule has 0 aliphatic heterocycles. The highest BCUT2D eigenvalue weighted by Gasteiger charge is 2.10. The highest BCUT2D eigenvalue weighted by molar-refractivity contribution is 7.89. The number of aromatic nitrogens is 2. The van der Waals surface area contributed by atoms with Gasteiger partial charge in [-0.2, -0.15) is 0 Å². The fourth-order valence-corrected chi connectivity index (χ4v) is 2.55. The van der Waals surface area contributed by atoms with E-state index in [-0.39, 0.29) is 29.3 Å². The summed E-state index contributed by atoms with van der Waals surface area (Å²) in [7, 11) is -3.79. The van der Waals surface area contributed by atoms with Crippen molar-refractivity contribution in [3.63, 3.8) is 0 Å². The molecule has 0 saturated carbocycles. The number of carbonyl (C=O) groups excluding carboxylic acids is 2. The third-order valence-corrected chi connectivity index (χ3v) is 4.28. The second-order valence-corrected chi connectivity index (χ2v) is 6.81. The van der Waals surface area contributed by atoms with Crippen molar-refractivity contribution >= 4 is 21.8 Å². The predicted molar refractivity (Wildman–Crippen MR) is 90.1 cm³/mol. The summed E-state index contributed by atoms with van der Waals surface area (Å²) in [4.78, 5) is 30.3. The molecule has 9 nitrogen and oxygen atoms in total. The lowest BCUT2D eigenvalue weighted by atomic mass is 10.2. The quantitative estimate of drug-likeness (QED) is 0.499. The summed E-state index contributed by atoms with van der Waals surface area (Å²) in [5, 5.41) is 10.3. The third kappa shape index (κ3) is 6.01. The standard InChI is InChI=1S/C15H19N5O4S/c16-25(23,24)13-3-1-11(2-4-13)15(22)19-8-6-14(21)18-7-5-12-9-17-10-20-12/h1-4,9-10H,5-8H2,(H,17,20)(H,18,21)(H,19,22)(H2,16,23,24). The molecule has 0 fully saturated rings. The topological polar surface area (TPSA) is 147 Å². The van der Waals surface area contributed by atoms with Gasteiger partial charge < -0.3 is 15.6 Å². The van der Waals surface area contributed by atoms with Gasteiger partial charge >= 0.3 is 0 Å². The van der Waals surface area contributed by atoms with Gasteiger partial charge in [-0.1, -0.05) is 0 Å². The van der Waals surface area contributed by atoms with Crippen LogP contribution in [0.15, 0.2) is 41.7 Å². The van der Waals surface area contributed by atoms with E-state index in [4.69, 9.17) is 5.14 Å². The number of aromatic amines is 1. The van der Waals surface area contributed by atoms with E-state index in [1.807, 2.05) is 0 Å². The van der Waals surface area contributed by atoms with E-state index in [9.17, 15) is 18.0 Å². The van der Waals surface area contributed by atoms with Crippen LogP contribution in [0.4, 0.5) is 0 Å². The Hall–Kier alpha value is -2.72. The summed E-state index contributed by atoms with van der Waals surface area (Å²) in [6.45, 7) is 0.648. The molecule has 2 aromatic rings. The van der Waals surface area contributed by atoms with E-state index >= 15 is 0 Å². The number of primary sulfonamides is 1. The zero-order valence-corrected chi connectivity index (χ0v) is 14.2. The molecule has 10 heteroatoms. The number of nitrogens with one attached hydrogen (secondary N) is 3. The Morgan fingerprint density at radius 1 is 1.12 bits per heavy atom. The molecule has 0 aliphatic carbocycles. The van der Waals surface area contributed by atoms with Crippen molar-refractivity contribution < 1.29 is 18.0 Å². The molecule has 0 spiro atoms. The Balaban J connectivity index is 1.70. The van der Waals surface area contributed by atoms with Crippen LogP contribution >= 0.6 is 0 Å². The molecule has 0 unspecified atom stereocenters. The van der Waals surface area contributed by atoms with E-state index in [0.29, 0.717) is 13.0 Å². The van der Waals surface area contributed by atoms with E-state index in [1.54, 1.807) is 12.5 Å². The zero-order valence-electron chi connectivity index (χ0n) is 13.4. The van der Waals surface area contributed by atoms with Crippen molar-refractivity contribution in [1.29, 1.82) is 0 Å². The molecule has 0 radical (unpaired) electrons. The van der Waals surface area contributed by atoms with E-state index < -0.39 is 15.9 Å². The maximum absolute atomic E-state index is 11.9. The lowest BCUT2D eigenvalue weighted by Gasteiger charge is -2.07. The first-order valence-corrected chi connectivity index (χ1v) is 9.06. The second-order valence-electron chi connectivity index (χ2n) is 5.25. The minimum Gasteiger partial charge on any atom is -0.356 e. The average molecular weight is 365 g/mol. The van der Waals surface area contributed by atoms with Crippen molar-refractivity contribution in [2.75, 3.05) is 13.1 Å². The normalized spacial score (nSPS) is 11.1. The van der Waals surface area contributed by atoms with E-state index in [1.165, 1.54) is 24.3 Å². The Bertz CT molecular complexity index is 816. The molecule has 0 saturated heterocycles. The lowest BCUT2D eigenvalue weighted by Crippen LogP contribution is -2.31. The number of H-pyrrole nitrogens is 1. The summed E-state index contributed by atoms with van der Waals surface area (Å²) in [6.07, 6.45) is 4.05. The monoisotopic (exact) mass is 365 g/mol. The molecule has 5 N–H and O–H groups in total. The first-order valence-electron chi connectivity index (χ1n) is 7.51. The average Bonchev–Trinajstić information content (AvgIpc) is 3.07. The number of imidazole rings is 1. The van der Waals surface area contributed by atoms with Gasteiger partial charge in [0.2, 0.25) is 15.9 Å². The van der Waals surface area contributed by atoms with Crippen molar-refractivity contribution in [1.82, 2.24) is 20.6 Å². The highest BCUT2D eigenvalue weighted by Crippen LogP contribution is 2.08. The summed E-state index contributed by atoms with van der Waals surface area (Å²) in [5.41, 5.74) is 1.21. The summed E-state index contributed by atoms with van der Waals surface area (Å²) in [5.74, 6) is -0.574. The molecular formula is C15H19N5O4S. The fraction of sp³-hybridized carbons (Fsp3) is 0.267. The number of amides is 2. The van der Waals surface area contributed by atoms with Crippen molar-refractivity contribution in [2.45, 2.75) is 17.7 Å². The van der Waals surface area contributed by atoms with Crippen molar-refractivity contribution in [2.24, 2.45) is 5.14 Å². The molecular weight excluding hydrogens is 346 g/mol. The molecule has 2 rings (SSSR count). The smallest absolute Gasteiger partial charge is 0.251 e. The molecule has 0 bridgehead atoms. The number of benzene rings is 1. The SMILES string of the molecule is NS(=O)(=O)c1ccc(C(=O)NCCC(=O)NCCc2cnc[nH]2)cc1. The molecule has 1 heterocycles. The van der Waals surface area contributed by atoms with Crippen LogP contribution in [0.25, 0.3) is 0 Å². The van der Waals surface area contributed by atoms with Crippen LogP contribution in [-0.4, -0.2) is 43.3 Å². The zero-order chi connectivity index (χ0) is 18.3. The van der Waals surface area contributed by atoms with Gasteiger partial charge in [0.15, 0.2) is 0 Å². The molecule has 1 aromatic carbocycles. The molecule has 0 aliphatic rings. The number of sulfonamides is 1. The van der Waals surface area contributed by atoms with Gasteiger partial charge in [0.1, 0.15) is 0 Å². The van der Waals surface area contributed by atoms with E-state index in [0.717, 1.165) is 5.69 Å². The van der Waals surface area contributed by atoms with Crippen molar-refractivity contribution in [3.05, 3.63) is 48.0 Å². The maximum Gasteiger partial charge on any atom is 0.251 e. The number of hydrogen-bond acceptors (Lipinski definition) is 5. The lowest BCUT2D eigenvalue weighted by molar-refractivity contribution is -0.120. The van der Waals surface area contributed by atoms with Crippen LogP contribution in [0.3, 0.4) is 0 Å². The van der Waals surface area contributed by atoms with Gasteiger partial charge in [-0.05, 0) is 24.3 Å². The van der Waals surface area contributed by atoms with Gasteiger partial charge in [-0.3, -0.25) is 9.59 Å². The van der Waals surface area contributed by atoms with E-state index in [2.05, 4.69) is 20.6 Å². The van der Waals surface area contributed by atoms with Crippen molar-refractivity contribution in [3.8, 4) is 0 Å². The van der Waals surface area contributed by atoms with Gasteiger partial charge in [0.25, 0.3) is 5.91 Å². The second kappa shape index (κ2) is 8.40. The molecule has 1 aromatic heterocycles. The summed E-state index contributed by atoms with van der Waals surface area (Å²) < 4.78 is 22.3. The first kappa shape index (κ1) is 18.6. The molecule has 134 valence electrons. The Morgan fingerprint density at radius 2 is 1.84 bits per heavy atom. The van der Waals surface area contributed by atoms with Crippen LogP contribution in [0.2, 0.25) is 0 Å².